The monoisotopic (exact) mass is 674 g/mol. The summed E-state index contributed by atoms with van der Waals surface area (Å²) in [6.45, 7) is -0.387. The lowest BCUT2D eigenvalue weighted by Crippen LogP contribution is -2.61. The molecule has 0 bridgehead atoms. The third kappa shape index (κ3) is 7.62. The van der Waals surface area contributed by atoms with Crippen LogP contribution in [0, 0.1) is 5.82 Å². The summed E-state index contributed by atoms with van der Waals surface area (Å²) in [7, 11) is -8.16. The van der Waals surface area contributed by atoms with Crippen LogP contribution in [0.4, 0.5) is 4.39 Å². The maximum Gasteiger partial charge on any atom is 0.263 e. The van der Waals surface area contributed by atoms with Gasteiger partial charge in [-0.2, -0.15) is 26.3 Å². The van der Waals surface area contributed by atoms with E-state index >= 15 is 0 Å². The molecule has 2 aromatic heterocycles. The van der Waals surface area contributed by atoms with Crippen LogP contribution in [0.15, 0.2) is 46.9 Å². The number of hydrogen-bond donors (Lipinski definition) is 3. The molecular formula is C25H31FN6O7S4. The zero-order valence-electron chi connectivity index (χ0n) is 22.8. The molecule has 2 N–H and O–H groups in total. The summed E-state index contributed by atoms with van der Waals surface area (Å²) in [6, 6.07) is 7.24. The quantitative estimate of drug-likeness (QED) is 0.205. The van der Waals surface area contributed by atoms with E-state index in [0.717, 1.165) is 32.8 Å². The van der Waals surface area contributed by atoms with E-state index in [2.05, 4.69) is 33.3 Å². The van der Waals surface area contributed by atoms with Crippen molar-refractivity contribution in [1.29, 1.82) is 0 Å². The molecule has 13 nitrogen and oxygen atoms in total. The molecule has 1 aromatic carbocycles. The highest BCUT2D eigenvalue weighted by Gasteiger charge is 2.44. The van der Waals surface area contributed by atoms with Crippen molar-refractivity contribution in [2.24, 2.45) is 0 Å². The molecule has 234 valence electrons. The van der Waals surface area contributed by atoms with Crippen molar-refractivity contribution in [2.45, 2.75) is 47.5 Å². The third-order valence-electron chi connectivity index (χ3n) is 7.07. The molecule has 2 unspecified atom stereocenters. The highest BCUT2D eigenvalue weighted by Crippen LogP contribution is 2.34. The Morgan fingerprint density at radius 1 is 1.19 bits per heavy atom. The van der Waals surface area contributed by atoms with Gasteiger partial charge in [-0.3, -0.25) is 9.89 Å². The minimum Gasteiger partial charge on any atom is -0.350 e. The number of H-pyrrole nitrogens is 1. The van der Waals surface area contributed by atoms with Gasteiger partial charge < -0.3 is 4.74 Å². The molecule has 0 aliphatic carbocycles. The van der Waals surface area contributed by atoms with Crippen molar-refractivity contribution in [3.8, 4) is 10.4 Å². The van der Waals surface area contributed by atoms with Crippen LogP contribution < -0.4 is 5.48 Å². The molecule has 1 amide bonds. The summed E-state index contributed by atoms with van der Waals surface area (Å²) in [5.41, 5.74) is 2.93. The molecule has 18 heteroatoms. The number of piperazine rings is 1. The molecule has 5 rings (SSSR count). The van der Waals surface area contributed by atoms with Crippen LogP contribution >= 0.6 is 24.0 Å². The Morgan fingerprint density at radius 3 is 2.67 bits per heavy atom. The lowest BCUT2D eigenvalue weighted by molar-refractivity contribution is -0.202. The van der Waals surface area contributed by atoms with Crippen LogP contribution in [-0.2, 0) is 34.4 Å². The van der Waals surface area contributed by atoms with E-state index in [1.807, 2.05) is 0 Å². The summed E-state index contributed by atoms with van der Waals surface area (Å²) in [6.07, 6.45) is 3.02. The van der Waals surface area contributed by atoms with Crippen molar-refractivity contribution in [2.75, 3.05) is 32.0 Å². The maximum absolute atomic E-state index is 13.8. The predicted octanol–water partition coefficient (Wildman–Crippen LogP) is 2.31. The van der Waals surface area contributed by atoms with Crippen molar-refractivity contribution in [1.82, 2.24) is 29.3 Å². The Morgan fingerprint density at radius 2 is 1.98 bits per heavy atom. The molecule has 4 heterocycles. The number of hydrogen-bond acceptors (Lipinski definition) is 11. The highest BCUT2D eigenvalue weighted by atomic mass is 32.2. The maximum atomic E-state index is 13.8. The third-order valence-corrected chi connectivity index (χ3v) is 12.9. The van der Waals surface area contributed by atoms with Gasteiger partial charge in [-0.05, 0) is 49.1 Å². The van der Waals surface area contributed by atoms with Gasteiger partial charge in [0.05, 0.1) is 11.0 Å². The zero-order chi connectivity index (χ0) is 30.6. The Bertz CT molecular complexity index is 1600. The fourth-order valence-corrected chi connectivity index (χ4v) is 9.69. The van der Waals surface area contributed by atoms with Gasteiger partial charge in [-0.1, -0.05) is 12.1 Å². The molecule has 2 aliphatic rings. The van der Waals surface area contributed by atoms with Crippen molar-refractivity contribution in [3.63, 3.8) is 0 Å². The molecule has 3 aromatic rings. The number of benzene rings is 1. The fraction of sp³-hybridized carbons (Fsp3) is 0.480. The molecule has 0 saturated carbocycles. The fourth-order valence-electron chi connectivity index (χ4n) is 4.73. The Hall–Kier alpha value is -2.45. The van der Waals surface area contributed by atoms with E-state index in [9.17, 15) is 26.0 Å². The Kier molecular flexibility index (Phi) is 10.2. The molecule has 43 heavy (non-hydrogen) atoms. The minimum atomic E-state index is -4.24. The van der Waals surface area contributed by atoms with Gasteiger partial charge in [0.2, 0.25) is 10.0 Å². The number of rotatable bonds is 11. The van der Waals surface area contributed by atoms with E-state index in [1.165, 1.54) is 24.5 Å². The summed E-state index contributed by atoms with van der Waals surface area (Å²) < 4.78 is 75.2. The highest BCUT2D eigenvalue weighted by molar-refractivity contribution is 7.91. The zero-order valence-corrected chi connectivity index (χ0v) is 26.2. The van der Waals surface area contributed by atoms with E-state index < -0.39 is 55.9 Å². The molecule has 0 spiro atoms. The number of nitrogens with one attached hydrogen (secondary N) is 2. The van der Waals surface area contributed by atoms with Gasteiger partial charge in [0, 0.05) is 37.5 Å². The van der Waals surface area contributed by atoms with Crippen LogP contribution in [0.5, 0.6) is 0 Å². The average molecular weight is 675 g/mol. The van der Waals surface area contributed by atoms with Crippen LogP contribution in [0.2, 0.25) is 0 Å². The average Bonchev–Trinajstić information content (AvgIpc) is 3.73. The summed E-state index contributed by atoms with van der Waals surface area (Å²) >= 11 is 5.36. The van der Waals surface area contributed by atoms with Crippen LogP contribution in [0.3, 0.4) is 0 Å². The van der Waals surface area contributed by atoms with E-state index in [0.29, 0.717) is 29.3 Å². The number of sulfonamides is 2. The SMILES string of the molecule is O=C(NOC1CCCCO1)[C@H]1CN(S(=O)(=O)CCC(S)c2nc[nH]n2)CCN1S(=O)(=O)c1ccc(-c2ccc(F)cc2)s1. The first-order chi connectivity index (χ1) is 20.5. The molecule has 3 atom stereocenters. The van der Waals surface area contributed by atoms with Gasteiger partial charge in [0.1, 0.15) is 22.4 Å². The number of nitrogens with zero attached hydrogens (tertiary/aromatic N) is 4. The van der Waals surface area contributed by atoms with Gasteiger partial charge in [0.25, 0.3) is 15.9 Å². The van der Waals surface area contributed by atoms with Gasteiger partial charge >= 0.3 is 0 Å². The minimum absolute atomic E-state index is 0.0399. The van der Waals surface area contributed by atoms with E-state index in [4.69, 9.17) is 9.57 Å². The Labute approximate surface area is 258 Å². The molecular weight excluding hydrogens is 644 g/mol. The first-order valence-corrected chi connectivity index (χ1v) is 17.9. The summed E-state index contributed by atoms with van der Waals surface area (Å²) in [5.74, 6) is -1.20. The summed E-state index contributed by atoms with van der Waals surface area (Å²) in [5, 5.41) is 5.94. The number of thiophene rings is 1. The van der Waals surface area contributed by atoms with Crippen LogP contribution in [0.1, 0.15) is 36.8 Å². The number of ether oxygens (including phenoxy) is 1. The molecule has 2 saturated heterocycles. The number of thiol groups is 1. The number of aromatic nitrogens is 3. The lowest BCUT2D eigenvalue weighted by atomic mass is 10.2. The molecule has 2 aliphatic heterocycles. The lowest BCUT2D eigenvalue weighted by Gasteiger charge is -2.38. The first-order valence-electron chi connectivity index (χ1n) is 13.5. The van der Waals surface area contributed by atoms with Crippen LogP contribution in [0.25, 0.3) is 10.4 Å². The second-order valence-electron chi connectivity index (χ2n) is 9.97. The number of hydroxylamine groups is 1. The van der Waals surface area contributed by atoms with Gasteiger partial charge in [-0.15, -0.1) is 11.3 Å². The smallest absolute Gasteiger partial charge is 0.263 e. The first kappa shape index (κ1) is 32.0. The largest absolute Gasteiger partial charge is 0.350 e. The number of amides is 1. The number of carbonyl (C=O) groups is 1. The molecule has 2 fully saturated rings. The standard InChI is InChI=1S/C25H31FN6O7S4/c26-18-6-4-17(5-7-18)21-8-9-23(41-21)43(36,37)32-12-11-31(42(34,35)14-10-20(40)24-27-16-28-29-24)15-19(32)25(33)30-39-22-3-1-2-13-38-22/h4-9,16,19-20,22,40H,1-3,10-15H2,(H,30,33)(H,27,28,29)/t19-,20?,22?/m1/s1. The normalized spacial score (nSPS) is 21.4. The number of aromatic amines is 1. The van der Waals surface area contributed by atoms with Crippen LogP contribution in [-0.4, -0.2) is 90.9 Å². The topological polar surface area (TPSA) is 164 Å². The van der Waals surface area contributed by atoms with E-state index in [-0.39, 0.29) is 29.5 Å². The Balaban J connectivity index is 1.35. The number of carbonyl (C=O) groups excluding carboxylic acids is 1. The predicted molar refractivity (Wildman–Crippen MR) is 158 cm³/mol. The van der Waals surface area contributed by atoms with Crippen molar-refractivity contribution in [3.05, 3.63) is 54.4 Å². The van der Waals surface area contributed by atoms with Gasteiger partial charge in [-0.25, -0.2) is 36.5 Å². The summed E-state index contributed by atoms with van der Waals surface area (Å²) in [4.78, 5) is 23.4. The van der Waals surface area contributed by atoms with Crippen molar-refractivity contribution >= 4 is 49.9 Å². The van der Waals surface area contributed by atoms with E-state index in [1.54, 1.807) is 18.2 Å². The molecule has 0 radical (unpaired) electrons. The second kappa shape index (κ2) is 13.7. The van der Waals surface area contributed by atoms with Crippen molar-refractivity contribution < 1.29 is 35.6 Å². The number of halogens is 1. The second-order valence-corrected chi connectivity index (χ2v) is 15.9. The van der Waals surface area contributed by atoms with Gasteiger partial charge in [0.15, 0.2) is 12.1 Å².